The summed E-state index contributed by atoms with van der Waals surface area (Å²) in [6, 6.07) is 3.17. The van der Waals surface area contributed by atoms with E-state index in [0.717, 1.165) is 10.3 Å². The molecular formula is C11H12F3NO3S. The van der Waals surface area contributed by atoms with Crippen molar-refractivity contribution in [3.63, 3.8) is 0 Å². The zero-order valence-electron chi connectivity index (χ0n) is 10.4. The third-order valence-electron chi connectivity index (χ3n) is 2.44. The van der Waals surface area contributed by atoms with E-state index >= 15 is 0 Å². The first-order chi connectivity index (χ1) is 8.45. The molecule has 0 heterocycles. The van der Waals surface area contributed by atoms with Gasteiger partial charge >= 0.3 is 15.5 Å². The third kappa shape index (κ3) is 3.25. The van der Waals surface area contributed by atoms with Crippen LogP contribution in [0.3, 0.4) is 0 Å². The third-order valence-corrected chi connectivity index (χ3v) is 3.50. The molecule has 0 aliphatic carbocycles. The molecule has 0 unspecified atom stereocenters. The number of rotatable bonds is 2. The summed E-state index contributed by atoms with van der Waals surface area (Å²) >= 11 is 0. The van der Waals surface area contributed by atoms with Gasteiger partial charge in [-0.15, -0.1) is 0 Å². The van der Waals surface area contributed by atoms with E-state index in [1.54, 1.807) is 19.1 Å². The van der Waals surface area contributed by atoms with Crippen LogP contribution in [0.5, 0.6) is 0 Å². The van der Waals surface area contributed by atoms with Crippen LogP contribution >= 0.6 is 0 Å². The lowest BCUT2D eigenvalue weighted by Crippen LogP contribution is -2.40. The lowest BCUT2D eigenvalue weighted by atomic mass is 10.00. The molecule has 1 N–H and O–H groups in total. The van der Waals surface area contributed by atoms with Crippen molar-refractivity contribution in [2.45, 2.75) is 26.3 Å². The maximum atomic E-state index is 12.2. The summed E-state index contributed by atoms with van der Waals surface area (Å²) in [6.45, 7) is 4.80. The molecular weight excluding hydrogens is 283 g/mol. The van der Waals surface area contributed by atoms with Crippen LogP contribution in [0.1, 0.15) is 27.0 Å². The predicted molar refractivity (Wildman–Crippen MR) is 63.1 cm³/mol. The van der Waals surface area contributed by atoms with E-state index in [4.69, 9.17) is 0 Å². The molecule has 0 radical (unpaired) electrons. The predicted octanol–water partition coefficient (Wildman–Crippen LogP) is 2.19. The van der Waals surface area contributed by atoms with Gasteiger partial charge in [-0.3, -0.25) is 4.79 Å². The van der Waals surface area contributed by atoms with Gasteiger partial charge in [-0.2, -0.15) is 21.6 Å². The van der Waals surface area contributed by atoms with Crippen molar-refractivity contribution in [1.29, 1.82) is 0 Å². The van der Waals surface area contributed by atoms with E-state index in [2.05, 4.69) is 0 Å². The van der Waals surface area contributed by atoms with Gasteiger partial charge in [0.05, 0.1) is 0 Å². The molecule has 0 saturated carbocycles. The Morgan fingerprint density at radius 1 is 1.11 bits per heavy atom. The second-order valence-corrected chi connectivity index (χ2v) is 5.83. The summed E-state index contributed by atoms with van der Waals surface area (Å²) in [4.78, 5) is 11.7. The molecule has 1 aromatic rings. The molecule has 1 amide bonds. The van der Waals surface area contributed by atoms with Gasteiger partial charge < -0.3 is 0 Å². The number of alkyl halides is 3. The number of nitrogens with one attached hydrogen (secondary N) is 1. The van der Waals surface area contributed by atoms with Crippen molar-refractivity contribution in [3.05, 3.63) is 34.4 Å². The van der Waals surface area contributed by atoms with Gasteiger partial charge in [0.2, 0.25) is 0 Å². The highest BCUT2D eigenvalue weighted by atomic mass is 32.2. The number of hydrogen-bond donors (Lipinski definition) is 1. The number of halogens is 3. The van der Waals surface area contributed by atoms with E-state index in [-0.39, 0.29) is 5.56 Å². The monoisotopic (exact) mass is 295 g/mol. The first-order valence-corrected chi connectivity index (χ1v) is 6.65. The topological polar surface area (TPSA) is 63.2 Å². The molecule has 0 aromatic heterocycles. The van der Waals surface area contributed by atoms with Crippen LogP contribution < -0.4 is 4.72 Å². The van der Waals surface area contributed by atoms with Crippen molar-refractivity contribution in [2.75, 3.05) is 0 Å². The van der Waals surface area contributed by atoms with Crippen LogP contribution in [0.25, 0.3) is 0 Å². The highest BCUT2D eigenvalue weighted by Crippen LogP contribution is 2.23. The van der Waals surface area contributed by atoms with Crippen LogP contribution in [0.4, 0.5) is 13.2 Å². The lowest BCUT2D eigenvalue weighted by molar-refractivity contribution is -0.0446. The van der Waals surface area contributed by atoms with Crippen LogP contribution in [0.15, 0.2) is 12.1 Å². The van der Waals surface area contributed by atoms with Gasteiger partial charge in [-0.25, -0.2) is 4.72 Å². The van der Waals surface area contributed by atoms with Crippen LogP contribution in [-0.2, 0) is 10.0 Å². The number of benzene rings is 1. The Bertz CT molecular complexity index is 598. The van der Waals surface area contributed by atoms with Crippen LogP contribution in [-0.4, -0.2) is 19.8 Å². The Morgan fingerprint density at radius 3 is 1.89 bits per heavy atom. The Kier molecular flexibility index (Phi) is 3.94. The van der Waals surface area contributed by atoms with Crippen molar-refractivity contribution in [1.82, 2.24) is 4.72 Å². The zero-order valence-corrected chi connectivity index (χ0v) is 11.2. The molecule has 1 rings (SSSR count). The molecule has 0 bridgehead atoms. The first kappa shape index (κ1) is 15.5. The number of amides is 1. The Hall–Kier alpha value is -1.57. The lowest BCUT2D eigenvalue weighted by Gasteiger charge is -2.13. The van der Waals surface area contributed by atoms with Crippen molar-refractivity contribution < 1.29 is 26.4 Å². The minimum atomic E-state index is -5.69. The zero-order chi connectivity index (χ0) is 15.0. The molecule has 0 spiro atoms. The van der Waals surface area contributed by atoms with Gasteiger partial charge in [0.25, 0.3) is 5.91 Å². The largest absolute Gasteiger partial charge is 0.516 e. The van der Waals surface area contributed by atoms with E-state index in [0.29, 0.717) is 11.1 Å². The maximum Gasteiger partial charge on any atom is 0.516 e. The summed E-state index contributed by atoms with van der Waals surface area (Å²) < 4.78 is 59.3. The first-order valence-electron chi connectivity index (χ1n) is 5.17. The molecule has 0 saturated heterocycles. The summed E-state index contributed by atoms with van der Waals surface area (Å²) in [6.07, 6.45) is 0. The number of sulfonamides is 1. The number of carbonyl (C=O) groups is 1. The maximum absolute atomic E-state index is 12.2. The number of hydrogen-bond acceptors (Lipinski definition) is 3. The van der Waals surface area contributed by atoms with E-state index in [1.165, 1.54) is 13.8 Å². The summed E-state index contributed by atoms with van der Waals surface area (Å²) in [5.74, 6) is -1.28. The highest BCUT2D eigenvalue weighted by Gasteiger charge is 2.47. The molecule has 0 aliphatic heterocycles. The standard InChI is InChI=1S/C11H12F3NO3S/c1-6-4-7(2)9(8(3)5-6)10(16)15-19(17,18)11(12,13)14/h4-5H,1-3H3,(H,15,16). The van der Waals surface area contributed by atoms with Crippen LogP contribution in [0, 0.1) is 20.8 Å². The van der Waals surface area contributed by atoms with Gasteiger partial charge in [0.1, 0.15) is 0 Å². The molecule has 1 aromatic carbocycles. The fourth-order valence-electron chi connectivity index (χ4n) is 1.77. The van der Waals surface area contributed by atoms with E-state index in [9.17, 15) is 26.4 Å². The van der Waals surface area contributed by atoms with E-state index < -0.39 is 21.4 Å². The highest BCUT2D eigenvalue weighted by molar-refractivity contribution is 7.90. The second kappa shape index (κ2) is 4.84. The molecule has 19 heavy (non-hydrogen) atoms. The number of carbonyl (C=O) groups excluding carboxylic acids is 1. The molecule has 0 atom stereocenters. The smallest absolute Gasteiger partial charge is 0.268 e. The minimum Gasteiger partial charge on any atom is -0.268 e. The molecule has 0 aliphatic rings. The van der Waals surface area contributed by atoms with Crippen molar-refractivity contribution in [2.24, 2.45) is 0 Å². The summed E-state index contributed by atoms with van der Waals surface area (Å²) in [5, 5.41) is 0. The quantitative estimate of drug-likeness (QED) is 0.909. The Morgan fingerprint density at radius 2 is 1.53 bits per heavy atom. The van der Waals surface area contributed by atoms with Gasteiger partial charge in [0.15, 0.2) is 0 Å². The molecule has 106 valence electrons. The summed E-state index contributed by atoms with van der Waals surface area (Å²) in [5.41, 5.74) is -3.95. The average Bonchev–Trinajstić information content (AvgIpc) is 2.12. The van der Waals surface area contributed by atoms with Gasteiger partial charge in [-0.05, 0) is 31.9 Å². The Labute approximate surface area is 108 Å². The van der Waals surface area contributed by atoms with Crippen molar-refractivity contribution >= 4 is 15.9 Å². The number of aryl methyl sites for hydroxylation is 3. The normalized spacial score (nSPS) is 12.3. The van der Waals surface area contributed by atoms with Crippen molar-refractivity contribution in [3.8, 4) is 0 Å². The van der Waals surface area contributed by atoms with Gasteiger partial charge in [-0.1, -0.05) is 17.7 Å². The molecule has 4 nitrogen and oxygen atoms in total. The summed E-state index contributed by atoms with van der Waals surface area (Å²) in [7, 11) is -5.69. The van der Waals surface area contributed by atoms with Crippen LogP contribution in [0.2, 0.25) is 0 Å². The molecule has 8 heteroatoms. The minimum absolute atomic E-state index is 0.0709. The second-order valence-electron chi connectivity index (χ2n) is 4.15. The fraction of sp³-hybridized carbons (Fsp3) is 0.364. The SMILES string of the molecule is Cc1cc(C)c(C(=O)NS(=O)(=O)C(F)(F)F)c(C)c1. The average molecular weight is 295 g/mol. The van der Waals surface area contributed by atoms with Gasteiger partial charge in [0, 0.05) is 5.56 Å². The molecule has 0 fully saturated rings. The Balaban J connectivity index is 3.18. The van der Waals surface area contributed by atoms with E-state index in [1.807, 2.05) is 0 Å². The fourth-order valence-corrected chi connectivity index (χ4v) is 2.23.